The molecule has 0 radical (unpaired) electrons. The zero-order chi connectivity index (χ0) is 22.9. The van der Waals surface area contributed by atoms with E-state index in [4.69, 9.17) is 9.15 Å². The van der Waals surface area contributed by atoms with Crippen LogP contribution in [0, 0.1) is 5.92 Å². The van der Waals surface area contributed by atoms with E-state index in [0.717, 1.165) is 5.56 Å². The van der Waals surface area contributed by atoms with Crippen LogP contribution in [-0.4, -0.2) is 29.3 Å². The number of amides is 2. The van der Waals surface area contributed by atoms with E-state index in [1.54, 1.807) is 18.2 Å². The van der Waals surface area contributed by atoms with Crippen molar-refractivity contribution >= 4 is 24.0 Å². The van der Waals surface area contributed by atoms with Crippen LogP contribution in [0.4, 0.5) is 10.5 Å². The first-order valence-electron chi connectivity index (χ1n) is 10.2. The summed E-state index contributed by atoms with van der Waals surface area (Å²) in [5.41, 5.74) is 2.11. The number of benzene rings is 2. The zero-order valence-corrected chi connectivity index (χ0v) is 17.9. The summed E-state index contributed by atoms with van der Waals surface area (Å²) in [5, 5.41) is 5.36. The van der Waals surface area contributed by atoms with Crippen molar-refractivity contribution in [1.29, 1.82) is 0 Å². The van der Waals surface area contributed by atoms with E-state index in [-0.39, 0.29) is 18.1 Å². The Kier molecular flexibility index (Phi) is 7.75. The van der Waals surface area contributed by atoms with E-state index in [9.17, 15) is 14.4 Å². The number of ether oxygens (including phenoxy) is 1. The topological polar surface area (TPSA) is 111 Å². The smallest absolute Gasteiger partial charge is 0.408 e. The first kappa shape index (κ1) is 22.7. The predicted molar refractivity (Wildman–Crippen MR) is 119 cm³/mol. The standard InChI is InChI=1S/C24H25N3O5/c1-16(2)10-21(27-24(30)31-14-17-6-4-3-5-7-17)23(29)26-20-9-8-18(11-19(20)13-28)22-12-25-15-32-22/h3-9,11-13,15-16,21H,10,14H2,1-2H3,(H,26,29)(H,27,30). The Balaban J connectivity index is 1.67. The van der Waals surface area contributed by atoms with Crippen molar-refractivity contribution < 1.29 is 23.5 Å². The molecular formula is C24H25N3O5. The lowest BCUT2D eigenvalue weighted by atomic mass is 10.0. The van der Waals surface area contributed by atoms with Crippen LogP contribution in [0.3, 0.4) is 0 Å². The number of aromatic nitrogens is 1. The van der Waals surface area contributed by atoms with Crippen LogP contribution >= 0.6 is 0 Å². The third-order valence-electron chi connectivity index (χ3n) is 4.68. The van der Waals surface area contributed by atoms with Crippen molar-refractivity contribution in [3.63, 3.8) is 0 Å². The van der Waals surface area contributed by atoms with Gasteiger partial charge in [0.05, 0.1) is 11.9 Å². The van der Waals surface area contributed by atoms with Crippen LogP contribution in [0.15, 0.2) is 65.5 Å². The lowest BCUT2D eigenvalue weighted by Gasteiger charge is -2.20. The van der Waals surface area contributed by atoms with Crippen molar-refractivity contribution in [2.45, 2.75) is 32.9 Å². The van der Waals surface area contributed by atoms with Gasteiger partial charge in [-0.05, 0) is 36.1 Å². The highest BCUT2D eigenvalue weighted by molar-refractivity contribution is 6.00. The van der Waals surface area contributed by atoms with Gasteiger partial charge in [0.15, 0.2) is 18.4 Å². The van der Waals surface area contributed by atoms with Gasteiger partial charge in [-0.15, -0.1) is 0 Å². The van der Waals surface area contributed by atoms with Crippen LogP contribution in [-0.2, 0) is 16.1 Å². The second-order valence-electron chi connectivity index (χ2n) is 7.66. The Morgan fingerprint density at radius 3 is 2.59 bits per heavy atom. The fourth-order valence-electron chi connectivity index (χ4n) is 3.12. The summed E-state index contributed by atoms with van der Waals surface area (Å²) < 4.78 is 10.5. The van der Waals surface area contributed by atoms with Crippen molar-refractivity contribution in [2.75, 3.05) is 5.32 Å². The summed E-state index contributed by atoms with van der Waals surface area (Å²) in [6, 6.07) is 13.4. The molecule has 1 aromatic heterocycles. The van der Waals surface area contributed by atoms with E-state index < -0.39 is 18.0 Å². The molecule has 8 heteroatoms. The summed E-state index contributed by atoms with van der Waals surface area (Å²) in [5.74, 6) is 0.205. The van der Waals surface area contributed by atoms with Crippen LogP contribution in [0.25, 0.3) is 11.3 Å². The Labute approximate surface area is 186 Å². The van der Waals surface area contributed by atoms with Crippen molar-refractivity contribution in [3.05, 3.63) is 72.2 Å². The number of nitrogens with zero attached hydrogens (tertiary/aromatic N) is 1. The molecule has 2 amide bonds. The summed E-state index contributed by atoms with van der Waals surface area (Å²) in [4.78, 5) is 40.6. The summed E-state index contributed by atoms with van der Waals surface area (Å²) in [7, 11) is 0. The molecule has 0 saturated heterocycles. The van der Waals surface area contributed by atoms with E-state index in [0.29, 0.717) is 29.7 Å². The fourth-order valence-corrected chi connectivity index (χ4v) is 3.12. The number of carbonyl (C=O) groups excluding carboxylic acids is 3. The minimum atomic E-state index is -0.827. The number of carbonyl (C=O) groups is 3. The molecule has 0 saturated carbocycles. The number of hydrogen-bond acceptors (Lipinski definition) is 6. The summed E-state index contributed by atoms with van der Waals surface area (Å²) in [6.45, 7) is 3.99. The highest BCUT2D eigenvalue weighted by Crippen LogP contribution is 2.24. The number of hydrogen-bond donors (Lipinski definition) is 2. The van der Waals surface area contributed by atoms with Gasteiger partial charge in [-0.1, -0.05) is 44.2 Å². The zero-order valence-electron chi connectivity index (χ0n) is 17.9. The number of oxazole rings is 1. The molecule has 32 heavy (non-hydrogen) atoms. The minimum Gasteiger partial charge on any atom is -0.445 e. The SMILES string of the molecule is CC(C)CC(NC(=O)OCc1ccccc1)C(=O)Nc1ccc(-c2cnco2)cc1C=O. The van der Waals surface area contributed by atoms with Crippen LogP contribution in [0.2, 0.25) is 0 Å². The van der Waals surface area contributed by atoms with E-state index in [1.165, 1.54) is 12.6 Å². The van der Waals surface area contributed by atoms with Crippen molar-refractivity contribution in [2.24, 2.45) is 5.92 Å². The van der Waals surface area contributed by atoms with Gasteiger partial charge in [0, 0.05) is 11.1 Å². The van der Waals surface area contributed by atoms with Gasteiger partial charge >= 0.3 is 6.09 Å². The largest absolute Gasteiger partial charge is 0.445 e. The van der Waals surface area contributed by atoms with Crippen molar-refractivity contribution in [3.8, 4) is 11.3 Å². The summed E-state index contributed by atoms with van der Waals surface area (Å²) >= 11 is 0. The van der Waals surface area contributed by atoms with E-state index in [1.807, 2.05) is 44.2 Å². The monoisotopic (exact) mass is 435 g/mol. The van der Waals surface area contributed by atoms with Gasteiger partial charge < -0.3 is 19.8 Å². The fraction of sp³-hybridized carbons (Fsp3) is 0.250. The molecule has 2 aromatic carbocycles. The molecule has 0 aliphatic heterocycles. The Morgan fingerprint density at radius 2 is 1.94 bits per heavy atom. The van der Waals surface area contributed by atoms with Gasteiger partial charge in [-0.3, -0.25) is 9.59 Å². The summed E-state index contributed by atoms with van der Waals surface area (Å²) in [6.07, 6.45) is 3.19. The number of rotatable bonds is 9. The maximum Gasteiger partial charge on any atom is 0.408 e. The second kappa shape index (κ2) is 10.9. The maximum atomic E-state index is 12.9. The lowest BCUT2D eigenvalue weighted by molar-refractivity contribution is -0.118. The Morgan fingerprint density at radius 1 is 1.16 bits per heavy atom. The number of aldehydes is 1. The predicted octanol–water partition coefficient (Wildman–Crippen LogP) is 4.43. The molecule has 0 aliphatic carbocycles. The Bertz CT molecular complexity index is 1050. The molecule has 3 rings (SSSR count). The molecule has 8 nitrogen and oxygen atoms in total. The van der Waals surface area contributed by atoms with E-state index in [2.05, 4.69) is 15.6 Å². The highest BCUT2D eigenvalue weighted by Gasteiger charge is 2.23. The number of nitrogens with one attached hydrogen (secondary N) is 2. The molecule has 3 aromatic rings. The minimum absolute atomic E-state index is 0.0983. The first-order chi connectivity index (χ1) is 15.5. The van der Waals surface area contributed by atoms with Crippen LogP contribution < -0.4 is 10.6 Å². The van der Waals surface area contributed by atoms with Crippen molar-refractivity contribution in [1.82, 2.24) is 10.3 Å². The molecule has 0 fully saturated rings. The maximum absolute atomic E-state index is 12.9. The van der Waals surface area contributed by atoms with Gasteiger partial charge in [0.1, 0.15) is 12.6 Å². The third kappa shape index (κ3) is 6.28. The molecule has 1 atom stereocenters. The average molecular weight is 435 g/mol. The van der Waals surface area contributed by atoms with E-state index >= 15 is 0 Å². The molecule has 166 valence electrons. The second-order valence-corrected chi connectivity index (χ2v) is 7.66. The normalized spacial score (nSPS) is 11.6. The number of anilines is 1. The molecule has 1 unspecified atom stereocenters. The average Bonchev–Trinajstić information content (AvgIpc) is 3.33. The quantitative estimate of drug-likeness (QED) is 0.481. The van der Waals surface area contributed by atoms with Gasteiger partial charge in [-0.2, -0.15) is 0 Å². The molecule has 1 heterocycles. The third-order valence-corrected chi connectivity index (χ3v) is 4.68. The molecule has 0 spiro atoms. The molecular weight excluding hydrogens is 410 g/mol. The van der Waals surface area contributed by atoms with Crippen LogP contribution in [0.5, 0.6) is 0 Å². The van der Waals surface area contributed by atoms with Gasteiger partial charge in [0.25, 0.3) is 0 Å². The Hall–Kier alpha value is -3.94. The molecule has 2 N–H and O–H groups in total. The highest BCUT2D eigenvalue weighted by atomic mass is 16.5. The van der Waals surface area contributed by atoms with Crippen LogP contribution in [0.1, 0.15) is 36.2 Å². The molecule has 0 aliphatic rings. The molecule has 0 bridgehead atoms. The first-order valence-corrected chi connectivity index (χ1v) is 10.2. The number of alkyl carbamates (subject to hydrolysis) is 1. The van der Waals surface area contributed by atoms with Gasteiger partial charge in [-0.25, -0.2) is 9.78 Å². The lowest BCUT2D eigenvalue weighted by Crippen LogP contribution is -2.44. The van der Waals surface area contributed by atoms with Gasteiger partial charge in [0.2, 0.25) is 5.91 Å².